The predicted molar refractivity (Wildman–Crippen MR) is 81.9 cm³/mol. The maximum absolute atomic E-state index is 4.84. The number of aromatic nitrogens is 2. The summed E-state index contributed by atoms with van der Waals surface area (Å²) in [4.78, 5) is 1.30. The summed E-state index contributed by atoms with van der Waals surface area (Å²) < 4.78 is 2.20. The molecule has 4 heteroatoms. The molecule has 2 aromatic heterocycles. The van der Waals surface area contributed by atoms with Gasteiger partial charge >= 0.3 is 0 Å². The quantitative estimate of drug-likeness (QED) is 0.896. The Balaban J connectivity index is 2.00. The van der Waals surface area contributed by atoms with Crippen molar-refractivity contribution in [1.29, 1.82) is 0 Å². The van der Waals surface area contributed by atoms with E-state index in [-0.39, 0.29) is 0 Å². The Bertz CT molecular complexity index is 570. The van der Waals surface area contributed by atoms with Crippen molar-refractivity contribution in [3.8, 4) is 10.6 Å². The van der Waals surface area contributed by atoms with Crippen LogP contribution in [-0.2, 0) is 0 Å². The predicted octanol–water partition coefficient (Wildman–Crippen LogP) is 4.47. The zero-order valence-electron chi connectivity index (χ0n) is 11.8. The van der Waals surface area contributed by atoms with Gasteiger partial charge in [-0.05, 0) is 43.2 Å². The van der Waals surface area contributed by atoms with Crippen LogP contribution in [0.2, 0.25) is 0 Å². The first-order valence-electron chi connectivity index (χ1n) is 7.13. The number of anilines is 1. The van der Waals surface area contributed by atoms with Gasteiger partial charge in [-0.25, -0.2) is 4.68 Å². The molecule has 0 saturated heterocycles. The van der Waals surface area contributed by atoms with Crippen molar-refractivity contribution in [2.24, 2.45) is 0 Å². The van der Waals surface area contributed by atoms with E-state index in [0.29, 0.717) is 12.1 Å². The van der Waals surface area contributed by atoms with Gasteiger partial charge in [-0.2, -0.15) is 5.10 Å². The van der Waals surface area contributed by atoms with Crippen LogP contribution in [0.4, 0.5) is 5.82 Å². The first-order chi connectivity index (χ1) is 9.22. The third-order valence-corrected chi connectivity index (χ3v) is 5.09. The van der Waals surface area contributed by atoms with E-state index in [4.69, 9.17) is 5.10 Å². The van der Waals surface area contributed by atoms with Crippen molar-refractivity contribution in [2.45, 2.75) is 52.1 Å². The van der Waals surface area contributed by atoms with Gasteiger partial charge in [0.2, 0.25) is 0 Å². The summed E-state index contributed by atoms with van der Waals surface area (Å²) >= 11 is 1.78. The average molecular weight is 275 g/mol. The Morgan fingerprint density at radius 3 is 2.89 bits per heavy atom. The summed E-state index contributed by atoms with van der Waals surface area (Å²) in [6.07, 6.45) is 3.51. The van der Waals surface area contributed by atoms with E-state index >= 15 is 0 Å². The average Bonchev–Trinajstić information content (AvgIpc) is 3.02. The summed E-state index contributed by atoms with van der Waals surface area (Å²) in [6.45, 7) is 6.66. The SMILES string of the molecule is CCC1CC(CC)n2nc(-c3sccc3C)cc2N1. The molecule has 0 aromatic carbocycles. The number of nitrogens with one attached hydrogen (secondary N) is 1. The van der Waals surface area contributed by atoms with Gasteiger partial charge in [0.15, 0.2) is 0 Å². The lowest BCUT2D eigenvalue weighted by atomic mass is 10.0. The minimum Gasteiger partial charge on any atom is -0.367 e. The van der Waals surface area contributed by atoms with Gasteiger partial charge in [-0.15, -0.1) is 11.3 Å². The van der Waals surface area contributed by atoms with E-state index in [1.807, 2.05) is 0 Å². The molecule has 3 rings (SSSR count). The van der Waals surface area contributed by atoms with E-state index < -0.39 is 0 Å². The minimum atomic E-state index is 0.537. The molecule has 2 aromatic rings. The Labute approximate surface area is 118 Å². The molecule has 0 spiro atoms. The van der Waals surface area contributed by atoms with Gasteiger partial charge in [-0.3, -0.25) is 0 Å². The van der Waals surface area contributed by atoms with Gasteiger partial charge < -0.3 is 5.32 Å². The molecule has 102 valence electrons. The highest BCUT2D eigenvalue weighted by Gasteiger charge is 2.26. The molecule has 0 amide bonds. The van der Waals surface area contributed by atoms with Crippen molar-refractivity contribution in [3.05, 3.63) is 23.1 Å². The number of thiophene rings is 1. The monoisotopic (exact) mass is 275 g/mol. The van der Waals surface area contributed by atoms with E-state index in [1.165, 1.54) is 29.1 Å². The van der Waals surface area contributed by atoms with Gasteiger partial charge in [0, 0.05) is 12.1 Å². The molecule has 0 aliphatic carbocycles. The van der Waals surface area contributed by atoms with Crippen LogP contribution < -0.4 is 5.32 Å². The molecule has 1 aliphatic rings. The lowest BCUT2D eigenvalue weighted by Gasteiger charge is -2.31. The van der Waals surface area contributed by atoms with Gasteiger partial charge in [0.25, 0.3) is 0 Å². The zero-order chi connectivity index (χ0) is 13.4. The van der Waals surface area contributed by atoms with Crippen LogP contribution in [-0.4, -0.2) is 15.8 Å². The number of nitrogens with zero attached hydrogens (tertiary/aromatic N) is 2. The maximum Gasteiger partial charge on any atom is 0.125 e. The second kappa shape index (κ2) is 5.00. The standard InChI is InChI=1S/C15H21N3S/c1-4-11-8-12(5-2)18-14(16-11)9-13(17-18)15-10(3)6-7-19-15/h6-7,9,11-12,16H,4-5,8H2,1-3H3. The number of hydrogen-bond acceptors (Lipinski definition) is 3. The summed E-state index contributed by atoms with van der Waals surface area (Å²) in [5, 5.41) is 10.6. The molecule has 1 N–H and O–H groups in total. The van der Waals surface area contributed by atoms with Crippen LogP contribution in [0.15, 0.2) is 17.5 Å². The number of hydrogen-bond donors (Lipinski definition) is 1. The van der Waals surface area contributed by atoms with Crippen LogP contribution in [0, 0.1) is 6.92 Å². The van der Waals surface area contributed by atoms with Crippen LogP contribution in [0.25, 0.3) is 10.6 Å². The van der Waals surface area contributed by atoms with Crippen molar-refractivity contribution in [2.75, 3.05) is 5.32 Å². The van der Waals surface area contributed by atoms with E-state index in [0.717, 1.165) is 12.1 Å². The van der Waals surface area contributed by atoms with Crippen molar-refractivity contribution in [1.82, 2.24) is 9.78 Å². The topological polar surface area (TPSA) is 29.9 Å². The minimum absolute atomic E-state index is 0.537. The van der Waals surface area contributed by atoms with E-state index in [9.17, 15) is 0 Å². The lowest BCUT2D eigenvalue weighted by Crippen LogP contribution is -2.31. The Morgan fingerprint density at radius 1 is 1.42 bits per heavy atom. The fourth-order valence-corrected chi connectivity index (χ4v) is 3.71. The normalized spacial score (nSPS) is 22.1. The molecular weight excluding hydrogens is 254 g/mol. The molecule has 0 radical (unpaired) electrons. The Kier molecular flexibility index (Phi) is 3.35. The molecule has 1 aliphatic heterocycles. The molecule has 2 atom stereocenters. The number of aryl methyl sites for hydroxylation is 1. The highest BCUT2D eigenvalue weighted by Crippen LogP contribution is 2.35. The molecule has 19 heavy (non-hydrogen) atoms. The number of fused-ring (bicyclic) bond motifs is 1. The molecule has 2 unspecified atom stereocenters. The fraction of sp³-hybridized carbons (Fsp3) is 0.533. The Morgan fingerprint density at radius 2 is 2.26 bits per heavy atom. The Hall–Kier alpha value is -1.29. The van der Waals surface area contributed by atoms with Gasteiger partial charge in [0.05, 0.1) is 10.9 Å². The summed E-state index contributed by atoms with van der Waals surface area (Å²) in [7, 11) is 0. The molecule has 3 nitrogen and oxygen atoms in total. The highest BCUT2D eigenvalue weighted by atomic mass is 32.1. The van der Waals surface area contributed by atoms with Gasteiger partial charge in [0.1, 0.15) is 11.5 Å². The third kappa shape index (κ3) is 2.18. The maximum atomic E-state index is 4.84. The van der Waals surface area contributed by atoms with E-state index in [1.54, 1.807) is 11.3 Å². The second-order valence-corrected chi connectivity index (χ2v) is 6.26. The van der Waals surface area contributed by atoms with Crippen LogP contribution in [0.5, 0.6) is 0 Å². The third-order valence-electron chi connectivity index (χ3n) is 4.05. The largest absolute Gasteiger partial charge is 0.367 e. The number of rotatable bonds is 3. The molecule has 0 bridgehead atoms. The first kappa shape index (κ1) is 12.7. The zero-order valence-corrected chi connectivity index (χ0v) is 12.6. The second-order valence-electron chi connectivity index (χ2n) is 5.34. The summed E-state index contributed by atoms with van der Waals surface area (Å²) in [5.74, 6) is 1.19. The molecule has 3 heterocycles. The molecular formula is C15H21N3S. The molecule has 0 saturated carbocycles. The smallest absolute Gasteiger partial charge is 0.125 e. The summed E-state index contributed by atoms with van der Waals surface area (Å²) in [5.41, 5.74) is 2.44. The molecule has 0 fully saturated rings. The lowest BCUT2D eigenvalue weighted by molar-refractivity contribution is 0.363. The van der Waals surface area contributed by atoms with E-state index in [2.05, 4.69) is 48.3 Å². The first-order valence-corrected chi connectivity index (χ1v) is 8.01. The highest BCUT2D eigenvalue weighted by molar-refractivity contribution is 7.13. The van der Waals surface area contributed by atoms with Crippen molar-refractivity contribution >= 4 is 17.2 Å². The fourth-order valence-electron chi connectivity index (χ4n) is 2.83. The van der Waals surface area contributed by atoms with Crippen LogP contribution >= 0.6 is 11.3 Å². The van der Waals surface area contributed by atoms with Crippen LogP contribution in [0.3, 0.4) is 0 Å². The van der Waals surface area contributed by atoms with Gasteiger partial charge in [-0.1, -0.05) is 13.8 Å². The van der Waals surface area contributed by atoms with Crippen molar-refractivity contribution < 1.29 is 0 Å². The summed E-state index contributed by atoms with van der Waals surface area (Å²) in [6, 6.07) is 5.50. The van der Waals surface area contributed by atoms with Crippen molar-refractivity contribution in [3.63, 3.8) is 0 Å². The van der Waals surface area contributed by atoms with Crippen LogP contribution in [0.1, 0.15) is 44.7 Å².